The molecule has 0 saturated carbocycles. The quantitative estimate of drug-likeness (QED) is 0.644. The third-order valence-corrected chi connectivity index (χ3v) is 3.35. The van der Waals surface area contributed by atoms with Crippen LogP contribution in [0, 0.1) is 0 Å². The Morgan fingerprint density at radius 2 is 1.56 bits per heavy atom. The molecule has 0 saturated heterocycles. The Labute approximate surface area is 140 Å². The molecule has 0 aliphatic carbocycles. The van der Waals surface area contributed by atoms with E-state index < -0.39 is 35.8 Å². The van der Waals surface area contributed by atoms with Crippen LogP contribution in [0.15, 0.2) is 18.2 Å². The highest BCUT2D eigenvalue weighted by Gasteiger charge is 2.36. The molecule has 1 amide bonds. The minimum Gasteiger partial charge on any atom is -0.354 e. The smallest absolute Gasteiger partial charge is 0.354 e. The average molecular weight is 371 g/mol. The van der Waals surface area contributed by atoms with E-state index in [2.05, 4.69) is 5.32 Å². The Morgan fingerprint density at radius 3 is 2.00 bits per heavy atom. The molecule has 0 aromatic heterocycles. The summed E-state index contributed by atoms with van der Waals surface area (Å²) >= 11 is 0. The molecule has 4 nitrogen and oxygen atoms in total. The number of alkyl halides is 6. The lowest BCUT2D eigenvalue weighted by atomic mass is 10.0. The lowest BCUT2D eigenvalue weighted by Crippen LogP contribution is -2.38. The van der Waals surface area contributed by atoms with E-state index >= 15 is 0 Å². The van der Waals surface area contributed by atoms with E-state index in [1.54, 1.807) is 0 Å². The maximum Gasteiger partial charge on any atom is 0.416 e. The van der Waals surface area contributed by atoms with Crippen LogP contribution < -0.4 is 16.8 Å². The highest BCUT2D eigenvalue weighted by Crippen LogP contribution is 2.36. The van der Waals surface area contributed by atoms with Gasteiger partial charge in [-0.25, -0.2) is 0 Å². The second-order valence-electron chi connectivity index (χ2n) is 5.59. The van der Waals surface area contributed by atoms with Gasteiger partial charge in [0, 0.05) is 12.6 Å². The number of benzene rings is 1. The molecule has 142 valence electrons. The molecule has 1 aromatic carbocycles. The molecule has 10 heteroatoms. The third-order valence-electron chi connectivity index (χ3n) is 3.35. The molecular formula is C15H19F6N3O. The number of halogens is 6. The average Bonchev–Trinajstić information content (AvgIpc) is 2.49. The van der Waals surface area contributed by atoms with Crippen LogP contribution in [0.1, 0.15) is 29.5 Å². The fourth-order valence-electron chi connectivity index (χ4n) is 2.10. The second-order valence-corrected chi connectivity index (χ2v) is 5.59. The number of carbonyl (C=O) groups is 1. The third kappa shape index (κ3) is 7.30. The predicted molar refractivity (Wildman–Crippen MR) is 79.4 cm³/mol. The lowest BCUT2D eigenvalue weighted by molar-refractivity contribution is -0.143. The fraction of sp³-hybridized carbons (Fsp3) is 0.533. The van der Waals surface area contributed by atoms with Gasteiger partial charge in [-0.05, 0) is 43.1 Å². The molecule has 0 aliphatic rings. The molecule has 1 rings (SSSR count). The van der Waals surface area contributed by atoms with Crippen LogP contribution in [-0.4, -0.2) is 25.0 Å². The summed E-state index contributed by atoms with van der Waals surface area (Å²) in [5.74, 6) is -0.712. The first kappa shape index (κ1) is 21.2. The van der Waals surface area contributed by atoms with Crippen LogP contribution in [0.3, 0.4) is 0 Å². The van der Waals surface area contributed by atoms with Crippen LogP contribution in [-0.2, 0) is 23.6 Å². The molecule has 25 heavy (non-hydrogen) atoms. The van der Waals surface area contributed by atoms with Crippen molar-refractivity contribution >= 4 is 5.91 Å². The number of nitrogens with one attached hydrogen (secondary N) is 1. The van der Waals surface area contributed by atoms with Gasteiger partial charge in [0.25, 0.3) is 0 Å². The van der Waals surface area contributed by atoms with E-state index in [0.717, 1.165) is 0 Å². The van der Waals surface area contributed by atoms with Crippen molar-refractivity contribution in [3.8, 4) is 0 Å². The minimum absolute atomic E-state index is 0.0180. The van der Waals surface area contributed by atoms with Gasteiger partial charge < -0.3 is 16.8 Å². The van der Waals surface area contributed by atoms with Crippen molar-refractivity contribution in [2.24, 2.45) is 11.5 Å². The van der Waals surface area contributed by atoms with Gasteiger partial charge >= 0.3 is 12.4 Å². The molecular weight excluding hydrogens is 352 g/mol. The van der Waals surface area contributed by atoms with Crippen molar-refractivity contribution in [1.29, 1.82) is 0 Å². The largest absolute Gasteiger partial charge is 0.416 e. The molecule has 0 bridgehead atoms. The van der Waals surface area contributed by atoms with Gasteiger partial charge in [-0.1, -0.05) is 0 Å². The van der Waals surface area contributed by atoms with Gasteiger partial charge in [-0.2, -0.15) is 26.3 Å². The van der Waals surface area contributed by atoms with Gasteiger partial charge in [0.2, 0.25) is 5.91 Å². The highest BCUT2D eigenvalue weighted by atomic mass is 19.4. The van der Waals surface area contributed by atoms with Crippen molar-refractivity contribution in [1.82, 2.24) is 5.32 Å². The van der Waals surface area contributed by atoms with E-state index in [0.29, 0.717) is 31.5 Å². The SMILES string of the molecule is NCCCC(N)CNC(=O)Cc1cc(C(F)(F)F)cc(C(F)(F)F)c1. The maximum atomic E-state index is 12.8. The number of nitrogens with two attached hydrogens (primary N) is 2. The number of hydrogen-bond donors (Lipinski definition) is 3. The van der Waals surface area contributed by atoms with Gasteiger partial charge in [-0.15, -0.1) is 0 Å². The molecule has 0 heterocycles. The van der Waals surface area contributed by atoms with Crippen LogP contribution in [0.4, 0.5) is 26.3 Å². The molecule has 0 fully saturated rings. The van der Waals surface area contributed by atoms with Gasteiger partial charge in [0.1, 0.15) is 0 Å². The summed E-state index contributed by atoms with van der Waals surface area (Å²) in [5.41, 5.74) is 7.72. The Balaban J connectivity index is 2.85. The first-order chi connectivity index (χ1) is 11.4. The van der Waals surface area contributed by atoms with E-state index in [4.69, 9.17) is 11.5 Å². The summed E-state index contributed by atoms with van der Waals surface area (Å²) in [6.45, 7) is 0.482. The zero-order valence-corrected chi connectivity index (χ0v) is 13.2. The summed E-state index contributed by atoms with van der Waals surface area (Å²) < 4.78 is 76.5. The predicted octanol–water partition coefficient (Wildman–Crippen LogP) is 2.45. The molecule has 0 radical (unpaired) electrons. The topological polar surface area (TPSA) is 81.1 Å². The van der Waals surface area contributed by atoms with Crippen molar-refractivity contribution in [3.63, 3.8) is 0 Å². The molecule has 0 aliphatic heterocycles. The lowest BCUT2D eigenvalue weighted by Gasteiger charge is -2.15. The van der Waals surface area contributed by atoms with Gasteiger partial charge in [0.05, 0.1) is 17.5 Å². The standard InChI is InChI=1S/C15H19F6N3O/c16-14(17,18)10-4-9(5-11(7-10)15(19,20)21)6-13(25)24-8-12(23)2-1-3-22/h4-5,7,12H,1-3,6,8,22-23H2,(H,24,25). The van der Waals surface area contributed by atoms with Crippen molar-refractivity contribution < 1.29 is 31.1 Å². The normalized spacial score (nSPS) is 13.6. The Bertz CT molecular complexity index is 553. The summed E-state index contributed by atoms with van der Waals surface area (Å²) in [7, 11) is 0. The van der Waals surface area contributed by atoms with Crippen LogP contribution in [0.2, 0.25) is 0 Å². The monoisotopic (exact) mass is 371 g/mol. The van der Waals surface area contributed by atoms with E-state index in [1.807, 2.05) is 0 Å². The summed E-state index contributed by atoms with van der Waals surface area (Å²) in [6.07, 6.45) is -9.33. The van der Waals surface area contributed by atoms with E-state index in [9.17, 15) is 31.1 Å². The molecule has 5 N–H and O–H groups in total. The fourth-order valence-corrected chi connectivity index (χ4v) is 2.10. The molecule has 1 unspecified atom stereocenters. The molecule has 0 spiro atoms. The number of rotatable bonds is 7. The first-order valence-corrected chi connectivity index (χ1v) is 7.44. The molecule has 1 atom stereocenters. The highest BCUT2D eigenvalue weighted by molar-refractivity contribution is 5.78. The Morgan fingerprint density at radius 1 is 1.04 bits per heavy atom. The summed E-state index contributed by atoms with van der Waals surface area (Å²) in [5, 5.41) is 2.39. The zero-order valence-electron chi connectivity index (χ0n) is 13.2. The van der Waals surface area contributed by atoms with Crippen molar-refractivity contribution in [2.45, 2.75) is 37.7 Å². The molecule has 1 aromatic rings. The number of amides is 1. The Hall–Kier alpha value is -1.81. The van der Waals surface area contributed by atoms with Crippen molar-refractivity contribution in [2.75, 3.05) is 13.1 Å². The number of hydrogen-bond acceptors (Lipinski definition) is 3. The van der Waals surface area contributed by atoms with E-state index in [-0.39, 0.29) is 24.2 Å². The van der Waals surface area contributed by atoms with Crippen LogP contribution >= 0.6 is 0 Å². The van der Waals surface area contributed by atoms with Crippen LogP contribution in [0.25, 0.3) is 0 Å². The second kappa shape index (κ2) is 8.52. The van der Waals surface area contributed by atoms with E-state index in [1.165, 1.54) is 0 Å². The Kier molecular flexibility index (Phi) is 7.24. The zero-order chi connectivity index (χ0) is 19.3. The maximum absolute atomic E-state index is 12.8. The summed E-state index contributed by atoms with van der Waals surface area (Å²) in [4.78, 5) is 11.8. The van der Waals surface area contributed by atoms with Crippen LogP contribution in [0.5, 0.6) is 0 Å². The van der Waals surface area contributed by atoms with Gasteiger partial charge in [-0.3, -0.25) is 4.79 Å². The van der Waals surface area contributed by atoms with Gasteiger partial charge in [0.15, 0.2) is 0 Å². The number of carbonyl (C=O) groups excluding carboxylic acids is 1. The first-order valence-electron chi connectivity index (χ1n) is 7.44. The minimum atomic E-state index is -4.95. The van der Waals surface area contributed by atoms with Crippen molar-refractivity contribution in [3.05, 3.63) is 34.9 Å². The summed E-state index contributed by atoms with van der Waals surface area (Å²) in [6, 6.07) is 0.691.